The van der Waals surface area contributed by atoms with Gasteiger partial charge in [0.05, 0.1) is 17.2 Å². The quantitative estimate of drug-likeness (QED) is 0.840. The maximum absolute atomic E-state index is 12.8. The SMILES string of the molecule is CC(C)(CCCO)CNc1ccc(C#N)c(C(F)(F)F)c1. The van der Waals surface area contributed by atoms with Gasteiger partial charge in [-0.05, 0) is 36.5 Å². The van der Waals surface area contributed by atoms with E-state index in [1.165, 1.54) is 12.1 Å². The van der Waals surface area contributed by atoms with Crippen LogP contribution in [-0.4, -0.2) is 18.3 Å². The van der Waals surface area contributed by atoms with Gasteiger partial charge in [-0.2, -0.15) is 18.4 Å². The number of nitrogens with zero attached hydrogens (tertiary/aromatic N) is 1. The van der Waals surface area contributed by atoms with Crippen LogP contribution in [0, 0.1) is 16.7 Å². The summed E-state index contributed by atoms with van der Waals surface area (Å²) in [5.74, 6) is 0. The summed E-state index contributed by atoms with van der Waals surface area (Å²) in [4.78, 5) is 0. The molecule has 0 spiro atoms. The molecule has 1 rings (SSSR count). The molecule has 0 heterocycles. The fraction of sp³-hybridized carbons (Fsp3) is 0.533. The largest absolute Gasteiger partial charge is 0.417 e. The Hall–Kier alpha value is -1.74. The molecule has 2 N–H and O–H groups in total. The van der Waals surface area contributed by atoms with E-state index in [4.69, 9.17) is 10.4 Å². The Kier molecular flexibility index (Phi) is 5.62. The fourth-order valence-corrected chi connectivity index (χ4v) is 1.97. The third kappa shape index (κ3) is 5.27. The van der Waals surface area contributed by atoms with Crippen LogP contribution in [0.2, 0.25) is 0 Å². The summed E-state index contributed by atoms with van der Waals surface area (Å²) in [6.45, 7) is 4.53. The molecule has 6 heteroatoms. The van der Waals surface area contributed by atoms with Crippen LogP contribution < -0.4 is 5.32 Å². The molecule has 1 aromatic rings. The first kappa shape index (κ1) is 17.3. The van der Waals surface area contributed by atoms with E-state index >= 15 is 0 Å². The molecule has 0 saturated heterocycles. The van der Waals surface area contributed by atoms with Crippen LogP contribution in [0.25, 0.3) is 0 Å². The number of hydrogen-bond acceptors (Lipinski definition) is 3. The molecule has 0 aliphatic heterocycles. The average Bonchev–Trinajstić information content (AvgIpc) is 2.42. The van der Waals surface area contributed by atoms with E-state index < -0.39 is 11.7 Å². The second-order valence-corrected chi connectivity index (χ2v) is 5.71. The molecule has 0 unspecified atom stereocenters. The maximum atomic E-state index is 12.8. The Balaban J connectivity index is 2.84. The summed E-state index contributed by atoms with van der Waals surface area (Å²) in [7, 11) is 0. The van der Waals surface area contributed by atoms with E-state index in [2.05, 4.69) is 5.32 Å². The van der Waals surface area contributed by atoms with Crippen molar-refractivity contribution in [2.24, 2.45) is 5.41 Å². The van der Waals surface area contributed by atoms with Gasteiger partial charge in [0.25, 0.3) is 0 Å². The molecular weight excluding hydrogens is 281 g/mol. The van der Waals surface area contributed by atoms with E-state index in [9.17, 15) is 13.2 Å². The molecule has 0 aliphatic rings. The fourth-order valence-electron chi connectivity index (χ4n) is 1.97. The molecule has 0 fully saturated rings. The lowest BCUT2D eigenvalue weighted by Crippen LogP contribution is -2.23. The van der Waals surface area contributed by atoms with Crippen molar-refractivity contribution in [2.45, 2.75) is 32.9 Å². The van der Waals surface area contributed by atoms with Gasteiger partial charge in [-0.1, -0.05) is 13.8 Å². The van der Waals surface area contributed by atoms with Gasteiger partial charge in [-0.15, -0.1) is 0 Å². The van der Waals surface area contributed by atoms with Crippen molar-refractivity contribution in [3.05, 3.63) is 29.3 Å². The first-order valence-corrected chi connectivity index (χ1v) is 6.66. The molecule has 0 aromatic heterocycles. The molecule has 0 aliphatic carbocycles. The highest BCUT2D eigenvalue weighted by molar-refractivity contribution is 5.53. The number of nitrogens with one attached hydrogen (secondary N) is 1. The Bertz CT molecular complexity index is 519. The third-order valence-electron chi connectivity index (χ3n) is 3.23. The summed E-state index contributed by atoms with van der Waals surface area (Å²) >= 11 is 0. The Morgan fingerprint density at radius 1 is 1.29 bits per heavy atom. The monoisotopic (exact) mass is 300 g/mol. The molecule has 21 heavy (non-hydrogen) atoms. The highest BCUT2D eigenvalue weighted by Crippen LogP contribution is 2.34. The minimum atomic E-state index is -4.55. The molecule has 116 valence electrons. The van der Waals surface area contributed by atoms with E-state index in [0.29, 0.717) is 18.7 Å². The van der Waals surface area contributed by atoms with Crippen molar-refractivity contribution in [3.8, 4) is 6.07 Å². The van der Waals surface area contributed by atoms with Crippen molar-refractivity contribution < 1.29 is 18.3 Å². The standard InChI is InChI=1S/C15H19F3N2O/c1-14(2,6-3-7-21)10-20-12-5-4-11(9-19)13(8-12)15(16,17)18/h4-5,8,20-21H,3,6-7,10H2,1-2H3. The zero-order valence-electron chi connectivity index (χ0n) is 12.1. The Morgan fingerprint density at radius 2 is 1.95 bits per heavy atom. The van der Waals surface area contributed by atoms with Gasteiger partial charge in [0.15, 0.2) is 0 Å². The van der Waals surface area contributed by atoms with Crippen molar-refractivity contribution >= 4 is 5.69 Å². The number of aliphatic hydroxyl groups excluding tert-OH is 1. The van der Waals surface area contributed by atoms with Crippen molar-refractivity contribution in [1.29, 1.82) is 5.26 Å². The van der Waals surface area contributed by atoms with Gasteiger partial charge in [0.2, 0.25) is 0 Å². The van der Waals surface area contributed by atoms with Gasteiger partial charge < -0.3 is 10.4 Å². The minimum absolute atomic E-state index is 0.0958. The minimum Gasteiger partial charge on any atom is -0.396 e. The number of benzene rings is 1. The Morgan fingerprint density at radius 3 is 2.48 bits per heavy atom. The molecule has 3 nitrogen and oxygen atoms in total. The summed E-state index contributed by atoms with van der Waals surface area (Å²) in [5, 5.41) is 20.5. The summed E-state index contributed by atoms with van der Waals surface area (Å²) < 4.78 is 38.5. The van der Waals surface area contributed by atoms with Crippen LogP contribution in [0.15, 0.2) is 18.2 Å². The maximum Gasteiger partial charge on any atom is 0.417 e. The predicted molar refractivity (Wildman–Crippen MR) is 74.7 cm³/mol. The highest BCUT2D eigenvalue weighted by Gasteiger charge is 2.33. The van der Waals surface area contributed by atoms with E-state index in [-0.39, 0.29) is 17.6 Å². The number of anilines is 1. The lowest BCUT2D eigenvalue weighted by Gasteiger charge is -2.25. The number of rotatable bonds is 6. The molecule has 0 saturated carbocycles. The van der Waals surface area contributed by atoms with Crippen LogP contribution in [-0.2, 0) is 6.18 Å². The number of alkyl halides is 3. The van der Waals surface area contributed by atoms with E-state index in [1.54, 1.807) is 6.07 Å². The lowest BCUT2D eigenvalue weighted by atomic mass is 9.88. The van der Waals surface area contributed by atoms with Crippen LogP contribution >= 0.6 is 0 Å². The highest BCUT2D eigenvalue weighted by atomic mass is 19.4. The zero-order valence-corrected chi connectivity index (χ0v) is 12.1. The van der Waals surface area contributed by atoms with Crippen molar-refractivity contribution in [2.75, 3.05) is 18.5 Å². The molecular formula is C15H19F3N2O. The number of nitriles is 1. The van der Waals surface area contributed by atoms with Gasteiger partial charge >= 0.3 is 6.18 Å². The van der Waals surface area contributed by atoms with Crippen LogP contribution in [0.1, 0.15) is 37.8 Å². The topological polar surface area (TPSA) is 56.0 Å². The van der Waals surface area contributed by atoms with E-state index in [0.717, 1.165) is 12.5 Å². The molecule has 0 radical (unpaired) electrons. The van der Waals surface area contributed by atoms with Gasteiger partial charge in [0.1, 0.15) is 0 Å². The van der Waals surface area contributed by atoms with Crippen LogP contribution in [0.5, 0.6) is 0 Å². The Labute approximate surface area is 122 Å². The smallest absolute Gasteiger partial charge is 0.396 e. The molecule has 0 amide bonds. The third-order valence-corrected chi connectivity index (χ3v) is 3.23. The van der Waals surface area contributed by atoms with Gasteiger partial charge in [0, 0.05) is 18.8 Å². The second-order valence-electron chi connectivity index (χ2n) is 5.71. The normalized spacial score (nSPS) is 12.0. The van der Waals surface area contributed by atoms with Crippen LogP contribution in [0.4, 0.5) is 18.9 Å². The molecule has 0 atom stereocenters. The van der Waals surface area contributed by atoms with Crippen LogP contribution in [0.3, 0.4) is 0 Å². The van der Waals surface area contributed by atoms with Crippen molar-refractivity contribution in [1.82, 2.24) is 0 Å². The van der Waals surface area contributed by atoms with Gasteiger partial charge in [-0.3, -0.25) is 0 Å². The number of hydrogen-bond donors (Lipinski definition) is 2. The summed E-state index contributed by atoms with van der Waals surface area (Å²) in [6.07, 6.45) is -3.14. The first-order valence-electron chi connectivity index (χ1n) is 6.66. The zero-order chi connectivity index (χ0) is 16.1. The van der Waals surface area contributed by atoms with Crippen molar-refractivity contribution in [3.63, 3.8) is 0 Å². The number of aliphatic hydroxyl groups is 1. The first-order chi connectivity index (χ1) is 9.69. The average molecular weight is 300 g/mol. The summed E-state index contributed by atoms with van der Waals surface area (Å²) in [6, 6.07) is 5.15. The van der Waals surface area contributed by atoms with E-state index in [1.807, 2.05) is 13.8 Å². The van der Waals surface area contributed by atoms with Gasteiger partial charge in [-0.25, -0.2) is 0 Å². The molecule has 1 aromatic carbocycles. The molecule has 0 bridgehead atoms. The second kappa shape index (κ2) is 6.81. The predicted octanol–water partition coefficient (Wildman–Crippen LogP) is 3.79. The lowest BCUT2D eigenvalue weighted by molar-refractivity contribution is -0.137. The number of halogens is 3. The summed E-state index contributed by atoms with van der Waals surface area (Å²) in [5.41, 5.74) is -1.12.